The summed E-state index contributed by atoms with van der Waals surface area (Å²) in [6.45, 7) is 14.7. The zero-order valence-corrected chi connectivity index (χ0v) is 55.2. The van der Waals surface area contributed by atoms with Gasteiger partial charge in [-0.15, -0.1) is 0 Å². The van der Waals surface area contributed by atoms with E-state index in [4.69, 9.17) is 17.2 Å². The third-order valence-electron chi connectivity index (χ3n) is 15.0. The fourth-order valence-corrected chi connectivity index (χ4v) is 9.37. The van der Waals surface area contributed by atoms with Crippen molar-refractivity contribution in [3.05, 3.63) is 29.8 Å². The summed E-state index contributed by atoms with van der Waals surface area (Å²) in [6, 6.07) is -12.6. The first-order valence-corrected chi connectivity index (χ1v) is 31.4. The third kappa shape index (κ3) is 32.1. The van der Waals surface area contributed by atoms with Gasteiger partial charge in [0.1, 0.15) is 72.2 Å². The molecule has 13 atom stereocenters. The number of aliphatic carboxylic acids is 4. The molecule has 95 heavy (non-hydrogen) atoms. The van der Waals surface area contributed by atoms with Gasteiger partial charge >= 0.3 is 23.9 Å². The molecule has 0 aromatic heterocycles. The van der Waals surface area contributed by atoms with E-state index in [-0.39, 0.29) is 61.8 Å². The lowest BCUT2D eigenvalue weighted by Crippen LogP contribution is -2.62. The average Bonchev–Trinajstić information content (AvgIpc) is 0.890. The Labute approximate surface area is 550 Å². The van der Waals surface area contributed by atoms with E-state index in [1.807, 2.05) is 0 Å². The van der Waals surface area contributed by atoms with E-state index in [1.54, 1.807) is 48.5 Å². The normalized spacial score (nSPS) is 15.4. The van der Waals surface area contributed by atoms with Crippen LogP contribution in [0.5, 0.6) is 5.75 Å². The Kier molecular flexibility index (Phi) is 37.4. The van der Waals surface area contributed by atoms with Crippen LogP contribution in [0.2, 0.25) is 0 Å². The SMILES string of the molecule is CC[C@H](C)[C@H](NC(=O)[C@H](CCC(=O)O)NC(=O)[C@H](CCC(=O)O)NC(=O)[C@H](Cc1ccc(O)cc1)NC(=O)[C@H](CC(N)=O)NC(=O)[C@@H](N)[C@@H](C)O)C(=O)N[C@@H](CCC(=O)O)C(=O)N[C@@H](CCCCN)C(=O)N[C@H](C(=O)N[C@@H](CC(C)C)C(=O)N[C@@H](CC(C)C)C(=O)O)C(C)C. The van der Waals surface area contributed by atoms with Crippen LogP contribution in [0.4, 0.5) is 0 Å². The van der Waals surface area contributed by atoms with Crippen LogP contribution >= 0.6 is 0 Å². The average molecular weight is 1350 g/mol. The maximum absolute atomic E-state index is 14.5. The minimum absolute atomic E-state index is 0.0739. The van der Waals surface area contributed by atoms with Crippen LogP contribution in [0.15, 0.2) is 24.3 Å². The van der Waals surface area contributed by atoms with Gasteiger partial charge in [-0.2, -0.15) is 0 Å². The van der Waals surface area contributed by atoms with Crippen molar-refractivity contribution in [1.29, 1.82) is 0 Å². The largest absolute Gasteiger partial charge is 0.508 e. The number of nitrogens with two attached hydrogens (primary N) is 3. The highest BCUT2D eigenvalue weighted by Crippen LogP contribution is 2.17. The fourth-order valence-electron chi connectivity index (χ4n) is 9.37. The number of hydrogen-bond acceptors (Lipinski definition) is 19. The van der Waals surface area contributed by atoms with Gasteiger partial charge in [-0.25, -0.2) is 4.79 Å². The topological polar surface area (TPSA) is 576 Å². The number of primary amides is 1. The van der Waals surface area contributed by atoms with Crippen LogP contribution in [0.3, 0.4) is 0 Å². The van der Waals surface area contributed by atoms with Crippen LogP contribution in [0, 0.1) is 23.7 Å². The number of carbonyl (C=O) groups is 15. The number of aromatic hydroxyl groups is 1. The van der Waals surface area contributed by atoms with Gasteiger partial charge in [0.15, 0.2) is 0 Å². The molecule has 0 bridgehead atoms. The number of carboxylic acids is 4. The summed E-state index contributed by atoms with van der Waals surface area (Å²) >= 11 is 0. The second kappa shape index (κ2) is 42.3. The van der Waals surface area contributed by atoms with Crippen molar-refractivity contribution in [2.24, 2.45) is 40.9 Å². The summed E-state index contributed by atoms with van der Waals surface area (Å²) in [5, 5.41) is 83.0. The Balaban J connectivity index is 3.75. The Bertz CT molecular complexity index is 2800. The number of carbonyl (C=O) groups excluding carboxylic acids is 11. The molecule has 34 nitrogen and oxygen atoms in total. The second-order valence-corrected chi connectivity index (χ2v) is 24.6. The number of phenols is 1. The van der Waals surface area contributed by atoms with Gasteiger partial charge in [0, 0.05) is 25.7 Å². The quantitative estimate of drug-likeness (QED) is 0.0289. The molecule has 0 saturated heterocycles. The Morgan fingerprint density at radius 1 is 0.442 bits per heavy atom. The van der Waals surface area contributed by atoms with Crippen molar-refractivity contribution in [1.82, 2.24) is 53.2 Å². The van der Waals surface area contributed by atoms with E-state index in [2.05, 4.69) is 53.2 Å². The lowest BCUT2D eigenvalue weighted by atomic mass is 9.96. The van der Waals surface area contributed by atoms with Crippen LogP contribution in [0.1, 0.15) is 151 Å². The third-order valence-corrected chi connectivity index (χ3v) is 15.0. The number of nitrogens with one attached hydrogen (secondary N) is 10. The van der Waals surface area contributed by atoms with Crippen molar-refractivity contribution < 1.29 is 103 Å². The minimum Gasteiger partial charge on any atom is -0.508 e. The molecular weight excluding hydrogens is 1250 g/mol. The number of amides is 11. The van der Waals surface area contributed by atoms with Crippen LogP contribution < -0.4 is 70.4 Å². The van der Waals surface area contributed by atoms with Crippen LogP contribution in [0.25, 0.3) is 0 Å². The molecule has 1 aromatic rings. The molecule has 0 heterocycles. The van der Waals surface area contributed by atoms with Gasteiger partial charge in [0.2, 0.25) is 65.0 Å². The lowest BCUT2D eigenvalue weighted by Gasteiger charge is -2.30. The predicted octanol–water partition coefficient (Wildman–Crippen LogP) is -3.03. The first-order valence-electron chi connectivity index (χ1n) is 31.4. The number of aliphatic hydroxyl groups is 1. The molecule has 534 valence electrons. The molecular formula is C61H99N13O21. The number of carboxylic acid groups (broad SMARTS) is 4. The van der Waals surface area contributed by atoms with E-state index in [0.717, 1.165) is 0 Å². The van der Waals surface area contributed by atoms with E-state index >= 15 is 0 Å². The molecule has 0 unspecified atom stereocenters. The molecule has 0 aliphatic rings. The number of rotatable bonds is 46. The van der Waals surface area contributed by atoms with Gasteiger partial charge in [-0.3, -0.25) is 67.1 Å². The molecule has 11 amide bonds. The van der Waals surface area contributed by atoms with Crippen molar-refractivity contribution in [2.45, 2.75) is 225 Å². The standard InChI is InChI=1S/C61H99N13O21/c1-10-32(8)50(60(93)68-38(19-22-46(80)81)52(85)65-36(13-11-12-24-62)53(86)73-49(31(6)7)59(92)71-40(25-29(2)3)55(88)72-43(61(94)95)26-30(4)5)74-54(87)39(20-23-47(82)83)66-51(84)37(18-21-45(78)79)67-56(89)41(27-34-14-16-35(76)17-15-34)69-57(90)42(28-44(63)77)70-58(91)48(64)33(9)75/h14-17,29-33,36-43,48-50,75-76H,10-13,18-28,62,64H2,1-9H3,(H2,63,77)(H,65,85)(H,66,84)(H,67,89)(H,68,93)(H,69,90)(H,70,91)(H,71,92)(H,72,88)(H,73,86)(H,74,87)(H,78,79)(H,80,81)(H,82,83)(H,94,95)/t32-,33+,36-,37-,38-,39-,40-,41-,42-,43-,48-,49-,50-/m0/s1. The Morgan fingerprint density at radius 2 is 0.800 bits per heavy atom. The van der Waals surface area contributed by atoms with E-state index < -0.39 is 225 Å². The van der Waals surface area contributed by atoms with Gasteiger partial charge < -0.3 is 101 Å². The highest BCUT2D eigenvalue weighted by atomic mass is 16.4. The van der Waals surface area contributed by atoms with Gasteiger partial charge in [0.05, 0.1) is 12.5 Å². The Hall–Kier alpha value is -9.05. The monoisotopic (exact) mass is 1350 g/mol. The summed E-state index contributed by atoms with van der Waals surface area (Å²) < 4.78 is 0. The van der Waals surface area contributed by atoms with Gasteiger partial charge in [0.25, 0.3) is 0 Å². The molecule has 1 rings (SSSR count). The summed E-state index contributed by atoms with van der Waals surface area (Å²) in [5.74, 6) is -19.6. The summed E-state index contributed by atoms with van der Waals surface area (Å²) in [6.07, 6.45) is -6.41. The number of hydrogen-bond donors (Lipinski definition) is 19. The highest BCUT2D eigenvalue weighted by molar-refractivity contribution is 6.00. The van der Waals surface area contributed by atoms with Crippen molar-refractivity contribution in [3.8, 4) is 5.75 Å². The number of aliphatic hydroxyl groups excluding tert-OH is 1. The second-order valence-electron chi connectivity index (χ2n) is 24.6. The first-order chi connectivity index (χ1) is 44.3. The predicted molar refractivity (Wildman–Crippen MR) is 339 cm³/mol. The highest BCUT2D eigenvalue weighted by Gasteiger charge is 2.39. The van der Waals surface area contributed by atoms with Crippen molar-refractivity contribution >= 4 is 88.9 Å². The smallest absolute Gasteiger partial charge is 0.326 e. The van der Waals surface area contributed by atoms with E-state index in [9.17, 15) is 103 Å². The lowest BCUT2D eigenvalue weighted by molar-refractivity contribution is -0.143. The molecule has 0 aliphatic heterocycles. The molecule has 34 heteroatoms. The molecule has 0 spiro atoms. The molecule has 0 saturated carbocycles. The van der Waals surface area contributed by atoms with E-state index in [0.29, 0.717) is 6.42 Å². The summed E-state index contributed by atoms with van der Waals surface area (Å²) in [5.41, 5.74) is 17.1. The summed E-state index contributed by atoms with van der Waals surface area (Å²) in [4.78, 5) is 200. The van der Waals surface area contributed by atoms with Crippen LogP contribution in [-0.4, -0.2) is 199 Å². The Morgan fingerprint density at radius 3 is 1.21 bits per heavy atom. The number of benzene rings is 1. The molecule has 0 radical (unpaired) electrons. The molecule has 0 fully saturated rings. The van der Waals surface area contributed by atoms with Crippen LogP contribution in [-0.2, 0) is 78.3 Å². The molecule has 1 aromatic carbocycles. The van der Waals surface area contributed by atoms with E-state index in [1.165, 1.54) is 38.1 Å². The number of phenolic OH excluding ortho intramolecular Hbond substituents is 1. The molecule has 22 N–H and O–H groups in total. The summed E-state index contributed by atoms with van der Waals surface area (Å²) in [7, 11) is 0. The maximum Gasteiger partial charge on any atom is 0.326 e. The fraction of sp³-hybridized carbons (Fsp3) is 0.656. The molecule has 0 aliphatic carbocycles. The van der Waals surface area contributed by atoms with Gasteiger partial charge in [-0.05, 0) is 106 Å². The first kappa shape index (κ1) is 84.0. The number of unbranched alkanes of at least 4 members (excludes halogenated alkanes) is 1. The zero-order valence-electron chi connectivity index (χ0n) is 55.2. The maximum atomic E-state index is 14.5. The van der Waals surface area contributed by atoms with Crippen molar-refractivity contribution in [2.75, 3.05) is 6.54 Å². The van der Waals surface area contributed by atoms with Crippen molar-refractivity contribution in [3.63, 3.8) is 0 Å². The van der Waals surface area contributed by atoms with Gasteiger partial charge in [-0.1, -0.05) is 73.9 Å². The minimum atomic E-state index is -1.91. The zero-order chi connectivity index (χ0) is 72.6.